The fourth-order valence-corrected chi connectivity index (χ4v) is 8.77. The molecule has 0 bridgehead atoms. The van der Waals surface area contributed by atoms with Crippen LogP contribution in [0, 0.1) is 0 Å². The van der Waals surface area contributed by atoms with Crippen LogP contribution in [0.3, 0.4) is 0 Å². The topological polar surface area (TPSA) is 43.4 Å². The third-order valence-electron chi connectivity index (χ3n) is 11.5. The zero-order valence-electron chi connectivity index (χ0n) is 91.2. The van der Waals surface area contributed by atoms with Gasteiger partial charge < -0.3 is 4.74 Å². The second-order valence-corrected chi connectivity index (χ2v) is 18.5. The molecule has 0 aliphatic rings. The number of para-hydroxylation sites is 2. The minimum absolute atomic E-state index is 0.0752. The molecule has 0 atom stereocenters. The van der Waals surface area contributed by atoms with E-state index in [-0.39, 0.29) is 5.78 Å². The Kier molecular flexibility index (Phi) is 200. The average molecular weight is 1810 g/mol. The van der Waals surface area contributed by atoms with Gasteiger partial charge in [0, 0.05) is 20.9 Å². The van der Waals surface area contributed by atoms with Crippen molar-refractivity contribution < 1.29 is 40.1 Å². The van der Waals surface area contributed by atoms with E-state index in [1.165, 1.54) is 23.3 Å². The van der Waals surface area contributed by atoms with E-state index in [1.807, 2.05) is 563 Å². The number of carbonyl (C=O) groups is 1. The van der Waals surface area contributed by atoms with Gasteiger partial charge in [0.25, 0.3) is 0 Å². The fourth-order valence-electron chi connectivity index (χ4n) is 7.69. The Morgan fingerprint density at radius 2 is 0.328 bits per heavy atom. The first-order valence-electron chi connectivity index (χ1n) is 49.2. The van der Waals surface area contributed by atoms with Gasteiger partial charge >= 0.3 is 12.4 Å². The van der Waals surface area contributed by atoms with Crippen LogP contribution in [-0.2, 0) is 16.2 Å². The van der Waals surface area contributed by atoms with Gasteiger partial charge in [-0.25, -0.2) is 4.21 Å². The standard InChI is InChI=1S/C15H10F6.C13H10O.C12H10OS.C12H10O.C12H10.C6H6.24C2H6/c16-14(17,18)13(15(19,20)21,11-7-3-1-4-8-11)12-9-5-2-6-10-12;14-13(11-7-3-1-4-8-11)12-9-5-2-6-10-12;13-14(11-7-3-1-4-8-11)12-9-5-2-6-10-12;1-3-7-11(8-4-1)13-12-9-5-2-6-10-12;1-3-7-11(8-4-1)12-9-5-2-6-10-12;1-2-4-6-5-3-1;24*1-2/h1-10H;2*1-10H;1-10H;1-10H;1-6H;24*1-2H3. The number of benzene rings is 11. The molecule has 0 aromatic heterocycles. The van der Waals surface area contributed by atoms with Crippen LogP contribution >= 0.6 is 0 Å². The summed E-state index contributed by atoms with van der Waals surface area (Å²) in [5.41, 5.74) is -1.72. The van der Waals surface area contributed by atoms with Crippen molar-refractivity contribution in [3.63, 3.8) is 0 Å². The quantitative estimate of drug-likeness (QED) is 0.107. The van der Waals surface area contributed by atoms with Crippen molar-refractivity contribution in [1.82, 2.24) is 0 Å². The highest BCUT2D eigenvalue weighted by molar-refractivity contribution is 7.85. The number of ketones is 1. The van der Waals surface area contributed by atoms with Crippen molar-refractivity contribution >= 4 is 16.6 Å². The van der Waals surface area contributed by atoms with Gasteiger partial charge in [-0.1, -0.05) is 624 Å². The van der Waals surface area contributed by atoms with Gasteiger partial charge in [-0.05, 0) is 70.8 Å². The van der Waals surface area contributed by atoms with E-state index in [0.717, 1.165) is 80.9 Å². The minimum Gasteiger partial charge on any atom is -0.457 e. The van der Waals surface area contributed by atoms with E-state index in [1.54, 1.807) is 0 Å². The average Bonchev–Trinajstić information content (AvgIpc) is 0.720. The molecular formula is C118H200F6O3S. The van der Waals surface area contributed by atoms with Crippen molar-refractivity contribution in [1.29, 1.82) is 0 Å². The molecule has 0 saturated carbocycles. The minimum atomic E-state index is -5.52. The summed E-state index contributed by atoms with van der Waals surface area (Å²) in [5.74, 6) is 1.81. The summed E-state index contributed by atoms with van der Waals surface area (Å²) in [6.45, 7) is 96.0. The zero-order chi connectivity index (χ0) is 105. The van der Waals surface area contributed by atoms with Gasteiger partial charge in [-0.2, -0.15) is 26.3 Å². The van der Waals surface area contributed by atoms with E-state index >= 15 is 0 Å². The van der Waals surface area contributed by atoms with Gasteiger partial charge in [-0.3, -0.25) is 4.79 Å². The predicted molar refractivity (Wildman–Crippen MR) is 583 cm³/mol. The smallest absolute Gasteiger partial charge is 0.411 e. The van der Waals surface area contributed by atoms with Crippen LogP contribution in [0.5, 0.6) is 11.5 Å². The molecule has 0 amide bonds. The second-order valence-electron chi connectivity index (χ2n) is 17.0. The van der Waals surface area contributed by atoms with Gasteiger partial charge in [0.05, 0.1) is 10.8 Å². The molecule has 0 radical (unpaired) electrons. The van der Waals surface area contributed by atoms with Crippen molar-refractivity contribution in [3.05, 3.63) is 362 Å². The Balaban J connectivity index is -0.0000000604. The maximum absolute atomic E-state index is 13.5. The number of hydrogen-bond donors (Lipinski definition) is 0. The largest absolute Gasteiger partial charge is 0.457 e. The van der Waals surface area contributed by atoms with E-state index in [4.69, 9.17) is 4.74 Å². The Hall–Kier alpha value is -9.38. The highest BCUT2D eigenvalue weighted by Crippen LogP contribution is 2.56. The van der Waals surface area contributed by atoms with Crippen LogP contribution in [0.2, 0.25) is 0 Å². The highest BCUT2D eigenvalue weighted by atomic mass is 32.2. The van der Waals surface area contributed by atoms with Crippen LogP contribution in [0.15, 0.2) is 350 Å². The predicted octanol–water partition coefficient (Wildman–Crippen LogP) is 44.0. The zero-order valence-corrected chi connectivity index (χ0v) is 92.0. The van der Waals surface area contributed by atoms with Crippen molar-refractivity contribution in [2.45, 2.75) is 360 Å². The van der Waals surface area contributed by atoms with E-state index in [0.29, 0.717) is 0 Å². The summed E-state index contributed by atoms with van der Waals surface area (Å²) in [6.07, 6.45) is -11.0. The Morgan fingerprint density at radius 1 is 0.195 bits per heavy atom. The van der Waals surface area contributed by atoms with Crippen molar-refractivity contribution in [3.8, 4) is 22.6 Å². The van der Waals surface area contributed by atoms with Crippen molar-refractivity contribution in [2.75, 3.05) is 0 Å². The first-order valence-corrected chi connectivity index (χ1v) is 50.3. The first kappa shape index (κ1) is 165. The fraction of sp³-hybridized carbons (Fsp3) is 0.432. The maximum atomic E-state index is 13.5. The van der Waals surface area contributed by atoms with Gasteiger partial charge in [-0.15, -0.1) is 0 Å². The Bertz CT molecular complexity index is 3080. The summed E-state index contributed by atoms with van der Waals surface area (Å²) in [6, 6.07) is 101. The molecule has 0 heterocycles. The molecule has 0 unspecified atom stereocenters. The Morgan fingerprint density at radius 3 is 0.492 bits per heavy atom. The van der Waals surface area contributed by atoms with Crippen molar-refractivity contribution in [2.24, 2.45) is 0 Å². The lowest BCUT2D eigenvalue weighted by Crippen LogP contribution is -2.54. The molecule has 0 aliphatic carbocycles. The molecule has 0 spiro atoms. The molecule has 0 fully saturated rings. The lowest BCUT2D eigenvalue weighted by Gasteiger charge is -2.38. The molecule has 11 rings (SSSR count). The molecule has 3 nitrogen and oxygen atoms in total. The van der Waals surface area contributed by atoms with E-state index < -0.39 is 39.7 Å². The number of hydrogen-bond acceptors (Lipinski definition) is 3. The van der Waals surface area contributed by atoms with Crippen LogP contribution < -0.4 is 4.74 Å². The molecular weight excluding hydrogens is 1610 g/mol. The summed E-state index contributed by atoms with van der Waals surface area (Å²) in [4.78, 5) is 13.5. The maximum Gasteiger partial charge on any atom is 0.411 e. The lowest BCUT2D eigenvalue weighted by molar-refractivity contribution is -0.288. The van der Waals surface area contributed by atoms with Gasteiger partial charge in [0.2, 0.25) is 5.41 Å². The number of halogens is 6. The molecule has 0 saturated heterocycles. The number of alkyl halides is 6. The highest BCUT2D eigenvalue weighted by Gasteiger charge is 2.72. The molecule has 11 aromatic rings. The van der Waals surface area contributed by atoms with Crippen LogP contribution in [0.4, 0.5) is 26.3 Å². The third kappa shape index (κ3) is 91.4. The summed E-state index contributed by atoms with van der Waals surface area (Å²) in [7, 11) is -1.05. The summed E-state index contributed by atoms with van der Waals surface area (Å²) < 4.78 is 98.7. The number of ether oxygens (including phenoxy) is 1. The van der Waals surface area contributed by atoms with Crippen LogP contribution in [0.25, 0.3) is 11.1 Å². The first-order chi connectivity index (χ1) is 62.9. The van der Waals surface area contributed by atoms with E-state index in [9.17, 15) is 35.3 Å². The molecule has 11 aromatic carbocycles. The number of rotatable bonds is 9. The molecule has 128 heavy (non-hydrogen) atoms. The summed E-state index contributed by atoms with van der Waals surface area (Å²) in [5, 5.41) is 0. The molecule has 10 heteroatoms. The van der Waals surface area contributed by atoms with Gasteiger partial charge in [0.15, 0.2) is 5.78 Å². The molecule has 738 valence electrons. The molecule has 0 N–H and O–H groups in total. The third-order valence-corrected chi connectivity index (χ3v) is 12.9. The van der Waals surface area contributed by atoms with Crippen LogP contribution in [-0.4, -0.2) is 22.3 Å². The Labute approximate surface area is 796 Å². The molecule has 0 aliphatic heterocycles. The van der Waals surface area contributed by atoms with Crippen LogP contribution in [0.1, 0.15) is 359 Å². The number of carbonyl (C=O) groups excluding carboxylic acids is 1. The normalized spacial score (nSPS) is 7.74. The second kappa shape index (κ2) is 155. The van der Waals surface area contributed by atoms with E-state index in [2.05, 4.69) is 48.5 Å². The lowest BCUT2D eigenvalue weighted by atomic mass is 9.73. The summed E-state index contributed by atoms with van der Waals surface area (Å²) >= 11 is 0. The SMILES string of the molecule is CC.CC.CC.CC.CC.CC.CC.CC.CC.CC.CC.CC.CC.CC.CC.CC.CC.CC.CC.CC.CC.CC.CC.CC.FC(F)(F)C(c1ccccc1)(c1ccccc1)C(F)(F)F.O=C(c1ccccc1)c1ccccc1.O=S(c1ccccc1)c1ccccc1.c1ccc(-c2ccccc2)cc1.c1ccc(Oc2ccccc2)cc1.c1ccccc1. The monoisotopic (exact) mass is 1810 g/mol. The van der Waals surface area contributed by atoms with Gasteiger partial charge in [0.1, 0.15) is 11.5 Å².